The lowest BCUT2D eigenvalue weighted by Gasteiger charge is -2.44. The second kappa shape index (κ2) is 8.09. The number of carbonyl (C=O) groups excluding carboxylic acids is 2. The normalized spacial score (nSPS) is 23.5. The summed E-state index contributed by atoms with van der Waals surface area (Å²) < 4.78 is 41.0. The Balaban J connectivity index is 1.71. The molecule has 0 spiro atoms. The van der Waals surface area contributed by atoms with Gasteiger partial charge in [0.2, 0.25) is 0 Å². The molecular formula is C24H25F3N2O2. The van der Waals surface area contributed by atoms with Gasteiger partial charge in [0.25, 0.3) is 5.91 Å². The maximum absolute atomic E-state index is 13.7. The van der Waals surface area contributed by atoms with E-state index in [0.29, 0.717) is 41.8 Å². The van der Waals surface area contributed by atoms with E-state index >= 15 is 0 Å². The van der Waals surface area contributed by atoms with E-state index in [9.17, 15) is 22.8 Å². The molecule has 4 nitrogen and oxygen atoms in total. The number of nitrogens with one attached hydrogen (secondary N) is 1. The lowest BCUT2D eigenvalue weighted by atomic mass is 9.59. The number of benzene rings is 1. The number of alkyl halides is 3. The topological polar surface area (TPSA) is 59.1 Å². The fourth-order valence-electron chi connectivity index (χ4n) is 5.33. The lowest BCUT2D eigenvalue weighted by molar-refractivity contribution is -0.159. The van der Waals surface area contributed by atoms with E-state index in [1.165, 1.54) is 0 Å². The third kappa shape index (κ3) is 4.36. The first-order valence-corrected chi connectivity index (χ1v) is 10.6. The average molecular weight is 430 g/mol. The Morgan fingerprint density at radius 3 is 2.81 bits per heavy atom. The van der Waals surface area contributed by atoms with Crippen molar-refractivity contribution in [3.63, 3.8) is 0 Å². The second-order valence-electron chi connectivity index (χ2n) is 8.74. The highest BCUT2D eigenvalue weighted by molar-refractivity contribution is 6.04. The van der Waals surface area contributed by atoms with Crippen LogP contribution in [0, 0.1) is 12.8 Å². The van der Waals surface area contributed by atoms with Crippen molar-refractivity contribution >= 4 is 17.4 Å². The maximum Gasteiger partial charge on any atom is 0.389 e. The van der Waals surface area contributed by atoms with Crippen LogP contribution in [0.4, 0.5) is 18.9 Å². The van der Waals surface area contributed by atoms with Gasteiger partial charge in [0.05, 0.1) is 17.8 Å². The van der Waals surface area contributed by atoms with Crippen molar-refractivity contribution in [2.24, 2.45) is 5.92 Å². The quantitative estimate of drug-likeness (QED) is 0.696. The summed E-state index contributed by atoms with van der Waals surface area (Å²) in [5, 5.41) is 2.83. The molecule has 1 fully saturated rings. The van der Waals surface area contributed by atoms with Crippen LogP contribution in [0.3, 0.4) is 0 Å². The fraction of sp³-hybridized carbons (Fsp3) is 0.458. The molecule has 1 amide bonds. The summed E-state index contributed by atoms with van der Waals surface area (Å²) >= 11 is 0. The van der Waals surface area contributed by atoms with Crippen LogP contribution in [0.5, 0.6) is 0 Å². The second-order valence-corrected chi connectivity index (χ2v) is 8.74. The van der Waals surface area contributed by atoms with Crippen LogP contribution in [-0.2, 0) is 16.6 Å². The number of carbonyl (C=O) groups is 2. The molecule has 1 aromatic heterocycles. The van der Waals surface area contributed by atoms with Crippen molar-refractivity contribution in [3.05, 3.63) is 58.9 Å². The molecule has 7 heteroatoms. The number of ketones is 1. The molecule has 0 saturated heterocycles. The molecule has 0 aliphatic heterocycles. The van der Waals surface area contributed by atoms with E-state index in [4.69, 9.17) is 0 Å². The van der Waals surface area contributed by atoms with E-state index in [2.05, 4.69) is 10.3 Å². The first-order chi connectivity index (χ1) is 14.7. The predicted octanol–water partition coefficient (Wildman–Crippen LogP) is 5.54. The molecule has 2 atom stereocenters. The van der Waals surface area contributed by atoms with Gasteiger partial charge in [0.1, 0.15) is 5.78 Å². The van der Waals surface area contributed by atoms with Gasteiger partial charge >= 0.3 is 6.18 Å². The van der Waals surface area contributed by atoms with Crippen molar-refractivity contribution < 1.29 is 22.8 Å². The smallest absolute Gasteiger partial charge is 0.320 e. The van der Waals surface area contributed by atoms with Crippen LogP contribution in [0.15, 0.2) is 36.5 Å². The predicted molar refractivity (Wildman–Crippen MR) is 111 cm³/mol. The first kappa shape index (κ1) is 21.5. The van der Waals surface area contributed by atoms with Gasteiger partial charge in [-0.05, 0) is 73.9 Å². The van der Waals surface area contributed by atoms with Gasteiger partial charge in [-0.25, -0.2) is 0 Å². The molecule has 2 aromatic rings. The Labute approximate surface area is 179 Å². The van der Waals surface area contributed by atoms with E-state index < -0.39 is 18.0 Å². The number of aromatic nitrogens is 1. The number of Topliss-reactive ketones (excluding diaryl/α,β-unsaturated/α-hetero) is 1. The van der Waals surface area contributed by atoms with E-state index in [-0.39, 0.29) is 36.9 Å². The number of fused-ring (bicyclic) bond motifs is 3. The summed E-state index contributed by atoms with van der Waals surface area (Å²) in [7, 11) is 0. The Morgan fingerprint density at radius 1 is 1.26 bits per heavy atom. The number of pyridine rings is 1. The molecule has 0 radical (unpaired) electrons. The zero-order chi connectivity index (χ0) is 22.2. The monoisotopic (exact) mass is 430 g/mol. The summed E-state index contributed by atoms with van der Waals surface area (Å²) in [6.07, 6.45) is -1.12. The highest BCUT2D eigenvalue weighted by Gasteiger charge is 2.52. The van der Waals surface area contributed by atoms with Crippen molar-refractivity contribution in [1.82, 2.24) is 4.98 Å². The number of hydrogen-bond acceptors (Lipinski definition) is 3. The maximum atomic E-state index is 13.7. The van der Waals surface area contributed by atoms with Crippen LogP contribution < -0.4 is 5.32 Å². The third-order valence-corrected chi connectivity index (χ3v) is 6.78. The Bertz CT molecular complexity index is 1020. The standard InChI is InChI=1S/C24H25F3N2O2/c1-15-21(6-3-11-28-15)29-22(31)17-7-8-20-16(12-17)4-2-5-18-13-19(30)9-10-23(18,20)14-24(25,26)27/h3,6-8,11-12,18H,2,4-5,9-10,13-14H2,1H3,(H,29,31). The number of nitrogens with zero attached hydrogens (tertiary/aromatic N) is 1. The molecule has 1 heterocycles. The van der Waals surface area contributed by atoms with Crippen LogP contribution in [-0.4, -0.2) is 22.9 Å². The van der Waals surface area contributed by atoms with Gasteiger partial charge in [-0.1, -0.05) is 6.07 Å². The van der Waals surface area contributed by atoms with E-state index in [0.717, 1.165) is 5.56 Å². The lowest BCUT2D eigenvalue weighted by Crippen LogP contribution is -2.44. The molecule has 2 aliphatic rings. The van der Waals surface area contributed by atoms with Gasteiger partial charge in [-0.3, -0.25) is 14.6 Å². The minimum absolute atomic E-state index is 0.0501. The van der Waals surface area contributed by atoms with Crippen LogP contribution in [0.1, 0.15) is 65.7 Å². The number of amides is 1. The highest BCUT2D eigenvalue weighted by Crippen LogP contribution is 2.53. The van der Waals surface area contributed by atoms with Gasteiger partial charge in [0, 0.05) is 30.0 Å². The Kier molecular flexibility index (Phi) is 5.62. The molecule has 1 saturated carbocycles. The number of anilines is 1. The van der Waals surface area contributed by atoms with Crippen LogP contribution in [0.2, 0.25) is 0 Å². The molecule has 4 rings (SSSR count). The zero-order valence-electron chi connectivity index (χ0n) is 17.4. The molecule has 2 unspecified atom stereocenters. The summed E-state index contributed by atoms with van der Waals surface area (Å²) in [4.78, 5) is 29.0. The summed E-state index contributed by atoms with van der Waals surface area (Å²) in [6.45, 7) is 1.79. The summed E-state index contributed by atoms with van der Waals surface area (Å²) in [5.41, 5.74) is 2.05. The van der Waals surface area contributed by atoms with Gasteiger partial charge in [-0.2, -0.15) is 13.2 Å². The minimum Gasteiger partial charge on any atom is -0.320 e. The Morgan fingerprint density at radius 2 is 2.06 bits per heavy atom. The number of rotatable bonds is 3. The van der Waals surface area contributed by atoms with Crippen LogP contribution in [0.25, 0.3) is 0 Å². The van der Waals surface area contributed by atoms with Gasteiger partial charge in [-0.15, -0.1) is 0 Å². The number of halogens is 3. The molecule has 1 N–H and O–H groups in total. The highest BCUT2D eigenvalue weighted by atomic mass is 19.4. The molecule has 2 aliphatic carbocycles. The number of aryl methyl sites for hydroxylation is 2. The molecule has 31 heavy (non-hydrogen) atoms. The molecule has 1 aromatic carbocycles. The molecular weight excluding hydrogens is 405 g/mol. The molecule has 0 bridgehead atoms. The van der Waals surface area contributed by atoms with Crippen molar-refractivity contribution in [1.29, 1.82) is 0 Å². The van der Waals surface area contributed by atoms with Crippen molar-refractivity contribution in [2.45, 2.75) is 63.5 Å². The largest absolute Gasteiger partial charge is 0.389 e. The average Bonchev–Trinajstić information content (AvgIpc) is 2.85. The minimum atomic E-state index is -4.33. The first-order valence-electron chi connectivity index (χ1n) is 10.6. The van der Waals surface area contributed by atoms with E-state index in [1.807, 2.05) is 0 Å². The molecule has 164 valence electrons. The SMILES string of the molecule is Cc1ncccc1NC(=O)c1ccc2c(c1)CCCC1CC(=O)CCC21CC(F)(F)F. The van der Waals surface area contributed by atoms with Crippen molar-refractivity contribution in [3.8, 4) is 0 Å². The van der Waals surface area contributed by atoms with Gasteiger partial charge < -0.3 is 5.32 Å². The number of hydrogen-bond donors (Lipinski definition) is 1. The van der Waals surface area contributed by atoms with Crippen LogP contribution >= 0.6 is 0 Å². The van der Waals surface area contributed by atoms with Gasteiger partial charge in [0.15, 0.2) is 0 Å². The van der Waals surface area contributed by atoms with Crippen molar-refractivity contribution in [2.75, 3.05) is 5.32 Å². The summed E-state index contributed by atoms with van der Waals surface area (Å²) in [5.74, 6) is -0.577. The van der Waals surface area contributed by atoms with E-state index in [1.54, 1.807) is 43.5 Å². The fourth-order valence-corrected chi connectivity index (χ4v) is 5.33. The third-order valence-electron chi connectivity index (χ3n) is 6.78. The zero-order valence-corrected chi connectivity index (χ0v) is 17.4. The Hall–Kier alpha value is -2.70. The summed E-state index contributed by atoms with van der Waals surface area (Å²) in [6, 6.07) is 8.51.